The highest BCUT2D eigenvalue weighted by atomic mass is 19.4. The van der Waals surface area contributed by atoms with E-state index in [0.717, 1.165) is 12.1 Å². The van der Waals surface area contributed by atoms with Gasteiger partial charge in [0.1, 0.15) is 5.75 Å². The summed E-state index contributed by atoms with van der Waals surface area (Å²) in [5, 5.41) is 9.08. The lowest BCUT2D eigenvalue weighted by molar-refractivity contribution is -0.140. The Labute approximate surface area is 95.8 Å². The Morgan fingerprint density at radius 2 is 2.06 bits per heavy atom. The molecule has 0 heterocycles. The normalized spacial score (nSPS) is 11.3. The number of ether oxygens (including phenoxy) is 1. The molecule has 0 radical (unpaired) electrons. The van der Waals surface area contributed by atoms with Crippen molar-refractivity contribution in [2.75, 3.05) is 7.11 Å². The minimum atomic E-state index is -4.61. The van der Waals surface area contributed by atoms with E-state index in [0.29, 0.717) is 5.56 Å². The number of rotatable bonds is 3. The lowest BCUT2D eigenvalue weighted by Gasteiger charge is -2.10. The van der Waals surface area contributed by atoms with Crippen molar-refractivity contribution in [3.05, 3.63) is 29.3 Å². The second kappa shape index (κ2) is 5.07. The van der Waals surface area contributed by atoms with Crippen molar-refractivity contribution in [1.29, 1.82) is 0 Å². The van der Waals surface area contributed by atoms with Crippen LogP contribution in [0.15, 0.2) is 18.2 Å². The quantitative estimate of drug-likeness (QED) is 0.836. The molecule has 3 nitrogen and oxygen atoms in total. The number of esters is 1. The molecule has 6 heteroatoms. The highest BCUT2D eigenvalue weighted by molar-refractivity contribution is 5.69. The fourth-order valence-corrected chi connectivity index (χ4v) is 1.31. The number of phenolic OH excluding ortho intramolecular Hbond substituents is 1. The first kappa shape index (κ1) is 13.3. The van der Waals surface area contributed by atoms with Crippen molar-refractivity contribution in [3.8, 4) is 5.75 Å². The van der Waals surface area contributed by atoms with E-state index in [1.54, 1.807) is 0 Å². The molecule has 0 fully saturated rings. The molecule has 1 rings (SSSR count). The molecule has 0 aliphatic rings. The summed E-state index contributed by atoms with van der Waals surface area (Å²) in [7, 11) is 1.21. The van der Waals surface area contributed by atoms with Gasteiger partial charge in [-0.05, 0) is 24.1 Å². The molecule has 0 amide bonds. The van der Waals surface area contributed by atoms with E-state index >= 15 is 0 Å². The van der Waals surface area contributed by atoms with Gasteiger partial charge in [0.2, 0.25) is 0 Å². The van der Waals surface area contributed by atoms with Crippen LogP contribution in [-0.2, 0) is 22.1 Å². The van der Waals surface area contributed by atoms with Gasteiger partial charge in [-0.1, -0.05) is 6.07 Å². The van der Waals surface area contributed by atoms with Crippen LogP contribution in [0.1, 0.15) is 17.5 Å². The van der Waals surface area contributed by atoms with Crippen LogP contribution in [0.5, 0.6) is 5.75 Å². The summed E-state index contributed by atoms with van der Waals surface area (Å²) >= 11 is 0. The van der Waals surface area contributed by atoms with Crippen LogP contribution in [0.4, 0.5) is 13.2 Å². The third kappa shape index (κ3) is 3.65. The molecule has 0 saturated heterocycles. The molecule has 0 atom stereocenters. The number of phenols is 1. The molecule has 1 aromatic carbocycles. The van der Waals surface area contributed by atoms with Crippen LogP contribution < -0.4 is 0 Å². The molecule has 0 aromatic heterocycles. The highest BCUT2D eigenvalue weighted by Crippen LogP contribution is 2.36. The van der Waals surface area contributed by atoms with Gasteiger partial charge in [-0.2, -0.15) is 13.2 Å². The summed E-state index contributed by atoms with van der Waals surface area (Å²) in [6.45, 7) is 0. The van der Waals surface area contributed by atoms with E-state index < -0.39 is 23.5 Å². The van der Waals surface area contributed by atoms with Crippen LogP contribution in [0.2, 0.25) is 0 Å². The van der Waals surface area contributed by atoms with Crippen LogP contribution in [0.25, 0.3) is 0 Å². The first-order valence-electron chi connectivity index (χ1n) is 4.80. The van der Waals surface area contributed by atoms with Crippen molar-refractivity contribution >= 4 is 5.97 Å². The summed E-state index contributed by atoms with van der Waals surface area (Å²) < 4.78 is 41.7. The van der Waals surface area contributed by atoms with Crippen molar-refractivity contribution in [3.63, 3.8) is 0 Å². The summed E-state index contributed by atoms with van der Waals surface area (Å²) in [6, 6.07) is 3.14. The number of alkyl halides is 3. The zero-order valence-corrected chi connectivity index (χ0v) is 9.04. The number of hydrogen-bond acceptors (Lipinski definition) is 3. The van der Waals surface area contributed by atoms with Crippen LogP contribution >= 0.6 is 0 Å². The van der Waals surface area contributed by atoms with E-state index in [1.165, 1.54) is 13.2 Å². The molecular weight excluding hydrogens is 237 g/mol. The number of aromatic hydroxyl groups is 1. The lowest BCUT2D eigenvalue weighted by atomic mass is 10.1. The van der Waals surface area contributed by atoms with E-state index in [-0.39, 0.29) is 12.8 Å². The van der Waals surface area contributed by atoms with Gasteiger partial charge in [0.15, 0.2) is 0 Å². The lowest BCUT2D eigenvalue weighted by Crippen LogP contribution is -2.07. The van der Waals surface area contributed by atoms with Gasteiger partial charge in [0.05, 0.1) is 12.7 Å². The first-order valence-corrected chi connectivity index (χ1v) is 4.80. The Morgan fingerprint density at radius 1 is 1.41 bits per heavy atom. The van der Waals surface area contributed by atoms with Gasteiger partial charge in [0, 0.05) is 6.42 Å². The van der Waals surface area contributed by atoms with Crippen molar-refractivity contribution < 1.29 is 27.8 Å². The van der Waals surface area contributed by atoms with E-state index in [4.69, 9.17) is 5.11 Å². The minimum Gasteiger partial charge on any atom is -0.507 e. The van der Waals surface area contributed by atoms with Crippen LogP contribution in [-0.4, -0.2) is 18.2 Å². The second-order valence-corrected chi connectivity index (χ2v) is 3.43. The zero-order valence-electron chi connectivity index (χ0n) is 9.04. The number of halogens is 3. The number of benzene rings is 1. The predicted octanol–water partition coefficient (Wildman–Crippen LogP) is 2.52. The molecule has 0 spiro atoms. The zero-order chi connectivity index (χ0) is 13.1. The maximum atomic E-state index is 12.4. The molecule has 0 unspecified atom stereocenters. The number of hydrogen-bond donors (Lipinski definition) is 1. The third-order valence-electron chi connectivity index (χ3n) is 2.21. The topological polar surface area (TPSA) is 46.5 Å². The second-order valence-electron chi connectivity index (χ2n) is 3.43. The fraction of sp³-hybridized carbons (Fsp3) is 0.364. The van der Waals surface area contributed by atoms with E-state index in [2.05, 4.69) is 4.74 Å². The van der Waals surface area contributed by atoms with Crippen LogP contribution in [0.3, 0.4) is 0 Å². The standard InChI is InChI=1S/C11H11F3O3/c1-17-10(16)5-3-7-2-4-9(15)8(6-7)11(12,13)14/h2,4,6,15H,3,5H2,1H3. The number of aryl methyl sites for hydroxylation is 1. The third-order valence-corrected chi connectivity index (χ3v) is 2.21. The van der Waals surface area contributed by atoms with Crippen molar-refractivity contribution in [1.82, 2.24) is 0 Å². The van der Waals surface area contributed by atoms with Gasteiger partial charge in [0.25, 0.3) is 0 Å². The Kier molecular flexibility index (Phi) is 3.98. The molecule has 0 bridgehead atoms. The maximum absolute atomic E-state index is 12.4. The predicted molar refractivity (Wildman–Crippen MR) is 53.4 cm³/mol. The molecule has 1 N–H and O–H groups in total. The maximum Gasteiger partial charge on any atom is 0.419 e. The molecular formula is C11H11F3O3. The number of carbonyl (C=O) groups excluding carboxylic acids is 1. The largest absolute Gasteiger partial charge is 0.507 e. The van der Waals surface area contributed by atoms with Gasteiger partial charge < -0.3 is 9.84 Å². The molecule has 0 aliphatic carbocycles. The van der Waals surface area contributed by atoms with Gasteiger partial charge in [-0.25, -0.2) is 0 Å². The minimum absolute atomic E-state index is 0.00142. The molecule has 0 saturated carbocycles. The Morgan fingerprint density at radius 3 is 2.59 bits per heavy atom. The molecule has 1 aromatic rings. The van der Waals surface area contributed by atoms with E-state index in [1.807, 2.05) is 0 Å². The number of methoxy groups -OCH3 is 1. The number of carbonyl (C=O) groups is 1. The highest BCUT2D eigenvalue weighted by Gasteiger charge is 2.33. The first-order chi connectivity index (χ1) is 7.84. The summed E-state index contributed by atoms with van der Waals surface area (Å²) in [5.74, 6) is -1.31. The summed E-state index contributed by atoms with van der Waals surface area (Å²) in [4.78, 5) is 10.8. The SMILES string of the molecule is COC(=O)CCc1ccc(O)c(C(F)(F)F)c1. The van der Waals surface area contributed by atoms with Gasteiger partial charge in [-0.3, -0.25) is 4.79 Å². The average molecular weight is 248 g/mol. The van der Waals surface area contributed by atoms with Gasteiger partial charge >= 0.3 is 12.1 Å². The van der Waals surface area contributed by atoms with Crippen LogP contribution in [0, 0.1) is 0 Å². The molecule has 0 aliphatic heterocycles. The van der Waals surface area contributed by atoms with Crippen molar-refractivity contribution in [2.45, 2.75) is 19.0 Å². The van der Waals surface area contributed by atoms with E-state index in [9.17, 15) is 18.0 Å². The van der Waals surface area contributed by atoms with Gasteiger partial charge in [-0.15, -0.1) is 0 Å². The Bertz CT molecular complexity index is 413. The Balaban J connectivity index is 2.86. The van der Waals surface area contributed by atoms with Crippen molar-refractivity contribution in [2.24, 2.45) is 0 Å². The summed E-state index contributed by atoms with van der Waals surface area (Å²) in [6.07, 6.45) is -4.47. The smallest absolute Gasteiger partial charge is 0.419 e. The molecule has 94 valence electrons. The molecule has 17 heavy (non-hydrogen) atoms. The summed E-state index contributed by atoms with van der Waals surface area (Å²) in [5.41, 5.74) is -0.777. The monoisotopic (exact) mass is 248 g/mol. The average Bonchev–Trinajstić information content (AvgIpc) is 2.26. The Hall–Kier alpha value is -1.72. The fourth-order valence-electron chi connectivity index (χ4n) is 1.31.